The maximum absolute atomic E-state index is 5.04. The first-order valence-electron chi connectivity index (χ1n) is 4.46. The van der Waals surface area contributed by atoms with Crippen LogP contribution in [0.1, 0.15) is 0 Å². The molecule has 2 rings (SSSR count). The highest BCUT2D eigenvalue weighted by molar-refractivity contribution is 7.80. The smallest absolute Gasteiger partial charge is 0.228 e. The van der Waals surface area contributed by atoms with Crippen molar-refractivity contribution < 1.29 is 0 Å². The van der Waals surface area contributed by atoms with Crippen LogP contribution in [0.2, 0.25) is 0 Å². The molecule has 0 atom stereocenters. The summed E-state index contributed by atoms with van der Waals surface area (Å²) in [6.07, 6.45) is 6.49. The lowest BCUT2D eigenvalue weighted by atomic mass is 10.7. The van der Waals surface area contributed by atoms with Gasteiger partial charge in [0.1, 0.15) is 0 Å². The molecule has 0 saturated carbocycles. The minimum Gasteiger partial charge on any atom is -0.301 e. The molecule has 2 aromatic rings. The van der Waals surface area contributed by atoms with Crippen molar-refractivity contribution in [2.75, 3.05) is 10.6 Å². The van der Waals surface area contributed by atoms with Gasteiger partial charge in [-0.15, -0.1) is 0 Å². The maximum Gasteiger partial charge on any atom is 0.228 e. The Hall–Kier alpha value is -2.15. The molecule has 7 heteroatoms. The zero-order valence-corrected chi connectivity index (χ0v) is 8.98. The summed E-state index contributed by atoms with van der Waals surface area (Å²) in [5, 5.41) is 5.96. The summed E-state index contributed by atoms with van der Waals surface area (Å²) in [5.41, 5.74) is 0. The van der Waals surface area contributed by atoms with E-state index in [9.17, 15) is 0 Å². The Morgan fingerprint density at radius 2 is 1.19 bits per heavy atom. The van der Waals surface area contributed by atoms with Crippen LogP contribution >= 0.6 is 12.2 Å². The highest BCUT2D eigenvalue weighted by Gasteiger charge is 2.00. The molecule has 2 aromatic heterocycles. The number of rotatable bonds is 2. The second-order valence-corrected chi connectivity index (χ2v) is 3.13. The van der Waals surface area contributed by atoms with Crippen molar-refractivity contribution >= 4 is 29.2 Å². The topological polar surface area (TPSA) is 75.6 Å². The molecule has 0 aliphatic heterocycles. The van der Waals surface area contributed by atoms with Crippen molar-refractivity contribution in [3.05, 3.63) is 36.9 Å². The van der Waals surface area contributed by atoms with Gasteiger partial charge in [-0.25, -0.2) is 19.9 Å². The Morgan fingerprint density at radius 1 is 0.812 bits per heavy atom. The number of hydrogen-bond acceptors (Lipinski definition) is 5. The van der Waals surface area contributed by atoms with Gasteiger partial charge in [0.15, 0.2) is 5.11 Å². The molecule has 2 heterocycles. The molecule has 0 fully saturated rings. The molecule has 0 aliphatic rings. The first kappa shape index (κ1) is 10.4. The molecule has 0 saturated heterocycles. The number of nitrogens with one attached hydrogen (secondary N) is 2. The molecule has 0 bridgehead atoms. The van der Waals surface area contributed by atoms with Crippen LogP contribution in [0.15, 0.2) is 36.9 Å². The van der Waals surface area contributed by atoms with E-state index in [-0.39, 0.29) is 0 Å². The molecule has 0 spiro atoms. The van der Waals surface area contributed by atoms with Crippen LogP contribution < -0.4 is 10.6 Å². The van der Waals surface area contributed by atoms with E-state index >= 15 is 0 Å². The fraction of sp³-hybridized carbons (Fsp3) is 0. The van der Waals surface area contributed by atoms with E-state index in [4.69, 9.17) is 12.2 Å². The number of nitrogens with zero attached hydrogens (tertiary/aromatic N) is 4. The molecule has 0 aromatic carbocycles. The van der Waals surface area contributed by atoms with Crippen molar-refractivity contribution in [1.82, 2.24) is 19.9 Å². The molecule has 2 N–H and O–H groups in total. The van der Waals surface area contributed by atoms with E-state index in [1.165, 1.54) is 0 Å². The molecule has 0 amide bonds. The number of anilines is 2. The zero-order valence-electron chi connectivity index (χ0n) is 8.16. The van der Waals surface area contributed by atoms with Gasteiger partial charge in [0.2, 0.25) is 11.9 Å². The van der Waals surface area contributed by atoms with Crippen molar-refractivity contribution in [1.29, 1.82) is 0 Å². The summed E-state index contributed by atoms with van der Waals surface area (Å²) in [5.74, 6) is 0.854. The van der Waals surface area contributed by atoms with Crippen LogP contribution in [-0.4, -0.2) is 25.0 Å². The van der Waals surface area contributed by atoms with E-state index in [0.717, 1.165) is 0 Å². The van der Waals surface area contributed by atoms with E-state index in [2.05, 4.69) is 30.6 Å². The predicted molar refractivity (Wildman–Crippen MR) is 63.9 cm³/mol. The monoisotopic (exact) mass is 232 g/mol. The van der Waals surface area contributed by atoms with Crippen LogP contribution in [0.25, 0.3) is 0 Å². The lowest BCUT2D eigenvalue weighted by Crippen LogP contribution is -2.21. The fourth-order valence-electron chi connectivity index (χ4n) is 0.962. The summed E-state index contributed by atoms with van der Waals surface area (Å²) in [7, 11) is 0. The Bertz CT molecular complexity index is 416. The Morgan fingerprint density at radius 3 is 1.56 bits per heavy atom. The van der Waals surface area contributed by atoms with Gasteiger partial charge in [-0.2, -0.15) is 0 Å². The lowest BCUT2D eigenvalue weighted by molar-refractivity contribution is 1.16. The van der Waals surface area contributed by atoms with E-state index < -0.39 is 0 Å². The third-order valence-corrected chi connectivity index (χ3v) is 1.79. The zero-order chi connectivity index (χ0) is 11.2. The molecule has 0 aliphatic carbocycles. The van der Waals surface area contributed by atoms with Gasteiger partial charge in [-0.1, -0.05) is 0 Å². The fourth-order valence-corrected chi connectivity index (χ4v) is 1.14. The number of thiocarbonyl (C=S) groups is 1. The summed E-state index contributed by atoms with van der Waals surface area (Å²) in [4.78, 5) is 15.9. The summed E-state index contributed by atoms with van der Waals surface area (Å²) >= 11 is 5.04. The van der Waals surface area contributed by atoms with Crippen LogP contribution in [0.3, 0.4) is 0 Å². The second-order valence-electron chi connectivity index (χ2n) is 2.72. The molecule has 16 heavy (non-hydrogen) atoms. The quantitative estimate of drug-likeness (QED) is 0.750. The van der Waals surface area contributed by atoms with Gasteiger partial charge in [-0.3, -0.25) is 0 Å². The highest BCUT2D eigenvalue weighted by Crippen LogP contribution is 1.98. The minimum atomic E-state index is 0.345. The van der Waals surface area contributed by atoms with Crippen molar-refractivity contribution in [3.63, 3.8) is 0 Å². The normalized spacial score (nSPS) is 9.50. The van der Waals surface area contributed by atoms with Gasteiger partial charge in [-0.05, 0) is 24.4 Å². The lowest BCUT2D eigenvalue weighted by Gasteiger charge is -2.06. The predicted octanol–water partition coefficient (Wildman–Crippen LogP) is 1.08. The first-order valence-corrected chi connectivity index (χ1v) is 4.87. The van der Waals surface area contributed by atoms with Gasteiger partial charge in [0.05, 0.1) is 0 Å². The SMILES string of the molecule is S=C(Nc1ncccn1)Nc1ncccn1. The van der Waals surface area contributed by atoms with Gasteiger partial charge in [0, 0.05) is 24.8 Å². The molecular weight excluding hydrogens is 224 g/mol. The maximum atomic E-state index is 5.04. The van der Waals surface area contributed by atoms with E-state index in [1.54, 1.807) is 36.9 Å². The summed E-state index contributed by atoms with van der Waals surface area (Å²) in [6, 6.07) is 3.45. The minimum absolute atomic E-state index is 0.345. The molecule has 6 nitrogen and oxygen atoms in total. The third kappa shape index (κ3) is 2.92. The van der Waals surface area contributed by atoms with Crippen LogP contribution in [0, 0.1) is 0 Å². The van der Waals surface area contributed by atoms with Gasteiger partial charge >= 0.3 is 0 Å². The number of aromatic nitrogens is 4. The molecular formula is C9H8N6S. The summed E-state index contributed by atoms with van der Waals surface area (Å²) in [6.45, 7) is 0. The molecule has 80 valence electrons. The Kier molecular flexibility index (Phi) is 3.29. The third-order valence-electron chi connectivity index (χ3n) is 1.58. The van der Waals surface area contributed by atoms with Gasteiger partial charge in [0.25, 0.3) is 0 Å². The van der Waals surface area contributed by atoms with Crippen LogP contribution in [-0.2, 0) is 0 Å². The van der Waals surface area contributed by atoms with Crippen LogP contribution in [0.5, 0.6) is 0 Å². The van der Waals surface area contributed by atoms with Crippen LogP contribution in [0.4, 0.5) is 11.9 Å². The van der Waals surface area contributed by atoms with E-state index in [1.807, 2.05) is 0 Å². The van der Waals surface area contributed by atoms with Crippen molar-refractivity contribution in [2.24, 2.45) is 0 Å². The Balaban J connectivity index is 1.95. The van der Waals surface area contributed by atoms with Crippen molar-refractivity contribution in [3.8, 4) is 0 Å². The van der Waals surface area contributed by atoms with E-state index in [0.29, 0.717) is 17.0 Å². The standard InChI is InChI=1S/C9H8N6S/c16-9(14-7-10-3-1-4-11-7)15-8-12-5-2-6-13-8/h1-6H,(H2,10,11,12,13,14,15,16). The average Bonchev–Trinajstić information content (AvgIpc) is 2.31. The Labute approximate surface area is 97.2 Å². The first-order chi connectivity index (χ1) is 7.84. The molecule has 0 unspecified atom stereocenters. The highest BCUT2D eigenvalue weighted by atomic mass is 32.1. The van der Waals surface area contributed by atoms with Crippen molar-refractivity contribution in [2.45, 2.75) is 0 Å². The molecule has 0 radical (unpaired) electrons. The average molecular weight is 232 g/mol. The number of hydrogen-bond donors (Lipinski definition) is 2. The largest absolute Gasteiger partial charge is 0.301 e. The summed E-state index contributed by atoms with van der Waals surface area (Å²) < 4.78 is 0. The second kappa shape index (κ2) is 5.08. The van der Waals surface area contributed by atoms with Gasteiger partial charge < -0.3 is 10.6 Å².